The van der Waals surface area contributed by atoms with Gasteiger partial charge in [-0.05, 0) is 36.2 Å². The van der Waals surface area contributed by atoms with Crippen LogP contribution in [0.3, 0.4) is 0 Å². The molecule has 0 fully saturated rings. The van der Waals surface area contributed by atoms with Crippen LogP contribution < -0.4 is 16.2 Å². The number of primary sulfonamides is 1. The number of hydrogen-bond donors (Lipinski definition) is 3. The number of nitrogens with two attached hydrogens (primary N) is 2. The molecule has 0 heterocycles. The van der Waals surface area contributed by atoms with E-state index in [1.54, 1.807) is 12.1 Å². The van der Waals surface area contributed by atoms with Gasteiger partial charge < -0.3 is 11.1 Å². The lowest BCUT2D eigenvalue weighted by atomic mass is 10.1. The van der Waals surface area contributed by atoms with Crippen molar-refractivity contribution in [1.29, 1.82) is 0 Å². The van der Waals surface area contributed by atoms with Gasteiger partial charge >= 0.3 is 0 Å². The summed E-state index contributed by atoms with van der Waals surface area (Å²) in [5.41, 5.74) is 6.01. The molecule has 0 unspecified atom stereocenters. The van der Waals surface area contributed by atoms with E-state index in [0.717, 1.165) is 11.6 Å². The molecule has 0 atom stereocenters. The molecule has 2 aromatic rings. The molecule has 25 heavy (non-hydrogen) atoms. The quantitative estimate of drug-likeness (QED) is 0.491. The normalized spacial score (nSPS) is 11.1. The van der Waals surface area contributed by atoms with Crippen LogP contribution in [0, 0.1) is 10.1 Å². The Bertz CT molecular complexity index is 910. The summed E-state index contributed by atoms with van der Waals surface area (Å²) in [6, 6.07) is 9.97. The second kappa shape index (κ2) is 7.28. The molecule has 0 aliphatic rings. The first-order valence-corrected chi connectivity index (χ1v) is 8.67. The molecule has 9 nitrogen and oxygen atoms in total. The third-order valence-corrected chi connectivity index (χ3v) is 4.39. The first-order valence-electron chi connectivity index (χ1n) is 7.12. The van der Waals surface area contributed by atoms with Crippen LogP contribution in [0.15, 0.2) is 47.4 Å². The number of rotatable bonds is 7. The van der Waals surface area contributed by atoms with Gasteiger partial charge in [-0.15, -0.1) is 0 Å². The van der Waals surface area contributed by atoms with Gasteiger partial charge in [0.1, 0.15) is 5.69 Å². The number of carbonyl (C=O) groups is 1. The molecule has 1 amide bonds. The third-order valence-electron chi connectivity index (χ3n) is 3.46. The Morgan fingerprint density at radius 1 is 1.16 bits per heavy atom. The van der Waals surface area contributed by atoms with E-state index in [1.165, 1.54) is 24.3 Å². The maximum absolute atomic E-state index is 11.2. The van der Waals surface area contributed by atoms with Crippen molar-refractivity contribution in [2.24, 2.45) is 10.9 Å². The SMILES string of the molecule is NC(=O)c1ccc(NCCc2ccc(S(N)(=O)=O)cc2)c([N+](=O)[O-])c1. The van der Waals surface area contributed by atoms with Gasteiger partial charge in [0.25, 0.3) is 5.69 Å². The molecule has 0 aliphatic heterocycles. The van der Waals surface area contributed by atoms with Crippen molar-refractivity contribution in [1.82, 2.24) is 0 Å². The molecule has 0 radical (unpaired) electrons. The summed E-state index contributed by atoms with van der Waals surface area (Å²) in [5, 5.41) is 19.0. The zero-order valence-electron chi connectivity index (χ0n) is 13.0. The highest BCUT2D eigenvalue weighted by atomic mass is 32.2. The van der Waals surface area contributed by atoms with Gasteiger partial charge in [0.05, 0.1) is 9.82 Å². The highest BCUT2D eigenvalue weighted by molar-refractivity contribution is 7.89. The Kier molecular flexibility index (Phi) is 5.35. The van der Waals surface area contributed by atoms with Crippen LogP contribution in [0.1, 0.15) is 15.9 Å². The molecule has 0 aliphatic carbocycles. The molecule has 132 valence electrons. The lowest BCUT2D eigenvalue weighted by Crippen LogP contribution is -2.13. The molecular weight excluding hydrogens is 348 g/mol. The van der Waals surface area contributed by atoms with Crippen molar-refractivity contribution >= 4 is 27.3 Å². The molecule has 2 aromatic carbocycles. The zero-order chi connectivity index (χ0) is 18.6. The monoisotopic (exact) mass is 364 g/mol. The lowest BCUT2D eigenvalue weighted by Gasteiger charge is -2.08. The number of carbonyl (C=O) groups excluding carboxylic acids is 1. The number of hydrogen-bond acceptors (Lipinski definition) is 6. The summed E-state index contributed by atoms with van der Waals surface area (Å²) in [5.74, 6) is -0.746. The van der Waals surface area contributed by atoms with Crippen molar-refractivity contribution in [3.05, 3.63) is 63.7 Å². The summed E-state index contributed by atoms with van der Waals surface area (Å²) in [6.07, 6.45) is 0.500. The van der Waals surface area contributed by atoms with Crippen LogP contribution >= 0.6 is 0 Å². The average molecular weight is 364 g/mol. The van der Waals surface area contributed by atoms with Crippen LogP contribution in [-0.2, 0) is 16.4 Å². The van der Waals surface area contributed by atoms with Crippen molar-refractivity contribution in [2.45, 2.75) is 11.3 Å². The number of sulfonamides is 1. The van der Waals surface area contributed by atoms with E-state index in [0.29, 0.717) is 13.0 Å². The van der Waals surface area contributed by atoms with Gasteiger partial charge in [-0.1, -0.05) is 12.1 Å². The first-order chi connectivity index (χ1) is 11.7. The molecule has 0 spiro atoms. The first kappa shape index (κ1) is 18.4. The van der Waals surface area contributed by atoms with Crippen molar-refractivity contribution in [3.63, 3.8) is 0 Å². The summed E-state index contributed by atoms with van der Waals surface area (Å²) in [6.45, 7) is 0.367. The van der Waals surface area contributed by atoms with E-state index < -0.39 is 20.9 Å². The minimum Gasteiger partial charge on any atom is -0.379 e. The van der Waals surface area contributed by atoms with E-state index in [4.69, 9.17) is 10.9 Å². The van der Waals surface area contributed by atoms with Gasteiger partial charge in [-0.25, -0.2) is 13.6 Å². The van der Waals surface area contributed by atoms with E-state index in [-0.39, 0.29) is 21.8 Å². The fourth-order valence-corrected chi connectivity index (χ4v) is 2.69. The van der Waals surface area contributed by atoms with E-state index in [9.17, 15) is 23.3 Å². The second-order valence-corrected chi connectivity index (χ2v) is 6.78. The van der Waals surface area contributed by atoms with Gasteiger partial charge in [-0.3, -0.25) is 14.9 Å². The Labute approximate surface area is 143 Å². The summed E-state index contributed by atoms with van der Waals surface area (Å²) in [7, 11) is -3.74. The zero-order valence-corrected chi connectivity index (χ0v) is 13.8. The summed E-state index contributed by atoms with van der Waals surface area (Å²) >= 11 is 0. The number of nitrogens with one attached hydrogen (secondary N) is 1. The van der Waals surface area contributed by atoms with Gasteiger partial charge in [0, 0.05) is 18.2 Å². The second-order valence-electron chi connectivity index (χ2n) is 5.22. The largest absolute Gasteiger partial charge is 0.379 e. The maximum atomic E-state index is 11.2. The van der Waals surface area contributed by atoms with Crippen molar-refractivity contribution in [2.75, 3.05) is 11.9 Å². The van der Waals surface area contributed by atoms with Crippen LogP contribution in [0.4, 0.5) is 11.4 Å². The third kappa shape index (κ3) is 4.75. The number of nitro groups is 1. The minimum absolute atomic E-state index is 0.0156. The Morgan fingerprint density at radius 2 is 1.80 bits per heavy atom. The maximum Gasteiger partial charge on any atom is 0.293 e. The minimum atomic E-state index is -3.74. The van der Waals surface area contributed by atoms with E-state index >= 15 is 0 Å². The molecular formula is C15H16N4O5S. The number of anilines is 1. The molecule has 5 N–H and O–H groups in total. The molecule has 10 heteroatoms. The Balaban J connectivity index is 2.06. The number of nitro benzene ring substituents is 1. The van der Waals surface area contributed by atoms with Crippen LogP contribution in [0.25, 0.3) is 0 Å². The topological polar surface area (TPSA) is 158 Å². The number of primary amides is 1. The van der Waals surface area contributed by atoms with Crippen LogP contribution in [0.5, 0.6) is 0 Å². The van der Waals surface area contributed by atoms with Gasteiger partial charge in [0.2, 0.25) is 15.9 Å². The molecule has 2 rings (SSSR count). The molecule has 0 aromatic heterocycles. The Morgan fingerprint density at radius 3 is 2.32 bits per heavy atom. The standard InChI is InChI=1S/C15H16N4O5S/c16-15(20)11-3-6-13(14(9-11)19(21)22)18-8-7-10-1-4-12(5-2-10)25(17,23)24/h1-6,9,18H,7-8H2,(H2,16,20)(H2,17,23,24). The number of benzene rings is 2. The number of nitrogens with zero attached hydrogens (tertiary/aromatic N) is 1. The fraction of sp³-hybridized carbons (Fsp3) is 0.133. The average Bonchev–Trinajstić information content (AvgIpc) is 2.54. The highest BCUT2D eigenvalue weighted by Crippen LogP contribution is 2.25. The smallest absolute Gasteiger partial charge is 0.293 e. The Hall–Kier alpha value is -2.98. The fourth-order valence-electron chi connectivity index (χ4n) is 2.17. The molecule has 0 saturated heterocycles. The number of amides is 1. The highest BCUT2D eigenvalue weighted by Gasteiger charge is 2.16. The van der Waals surface area contributed by atoms with Crippen molar-refractivity contribution in [3.8, 4) is 0 Å². The van der Waals surface area contributed by atoms with Crippen LogP contribution in [0.2, 0.25) is 0 Å². The van der Waals surface area contributed by atoms with E-state index in [2.05, 4.69) is 5.32 Å². The molecule has 0 saturated carbocycles. The predicted octanol–water partition coefficient (Wildman–Crippen LogP) is 0.996. The lowest BCUT2D eigenvalue weighted by molar-refractivity contribution is -0.384. The summed E-state index contributed by atoms with van der Waals surface area (Å²) < 4.78 is 22.4. The predicted molar refractivity (Wildman–Crippen MR) is 91.6 cm³/mol. The van der Waals surface area contributed by atoms with Crippen molar-refractivity contribution < 1.29 is 18.1 Å². The van der Waals surface area contributed by atoms with Gasteiger partial charge in [-0.2, -0.15) is 0 Å². The molecule has 0 bridgehead atoms. The van der Waals surface area contributed by atoms with Gasteiger partial charge in [0.15, 0.2) is 0 Å². The summed E-state index contributed by atoms with van der Waals surface area (Å²) in [4.78, 5) is 21.6. The van der Waals surface area contributed by atoms with E-state index in [1.807, 2.05) is 0 Å². The van der Waals surface area contributed by atoms with Crippen LogP contribution in [-0.4, -0.2) is 25.8 Å².